The van der Waals surface area contributed by atoms with Crippen molar-refractivity contribution in [3.05, 3.63) is 65.2 Å². The van der Waals surface area contributed by atoms with Gasteiger partial charge in [0.15, 0.2) is 0 Å². The molecule has 0 heterocycles. The number of rotatable bonds is 8. The standard InChI is InChI=1S/C19H24N2O3/c1-13(14-5-3-2-4-6-14)9-10-21-12-18(23)15-7-8-17(22)16(11-15)19(20)24/h2-8,11,13,18,21-23H,9-10,12H2,1H3,(H2,20,24)/t13-,18+/m1/s1. The maximum absolute atomic E-state index is 11.2. The van der Waals surface area contributed by atoms with Gasteiger partial charge in [0.05, 0.1) is 11.7 Å². The van der Waals surface area contributed by atoms with Gasteiger partial charge in [-0.3, -0.25) is 4.79 Å². The number of phenols is 1. The second kappa shape index (κ2) is 8.47. The first-order chi connectivity index (χ1) is 11.5. The first-order valence-corrected chi connectivity index (χ1v) is 8.05. The molecule has 0 saturated carbocycles. The molecule has 0 radical (unpaired) electrons. The van der Waals surface area contributed by atoms with Gasteiger partial charge >= 0.3 is 0 Å². The highest BCUT2D eigenvalue weighted by Gasteiger charge is 2.13. The summed E-state index contributed by atoms with van der Waals surface area (Å²) in [6.45, 7) is 3.31. The minimum atomic E-state index is -0.768. The highest BCUT2D eigenvalue weighted by molar-refractivity contribution is 5.95. The van der Waals surface area contributed by atoms with E-state index in [4.69, 9.17) is 5.73 Å². The van der Waals surface area contributed by atoms with Gasteiger partial charge in [0.2, 0.25) is 0 Å². The number of benzene rings is 2. The zero-order valence-electron chi connectivity index (χ0n) is 13.8. The Morgan fingerprint density at radius 3 is 2.54 bits per heavy atom. The fraction of sp³-hybridized carbons (Fsp3) is 0.316. The van der Waals surface area contributed by atoms with Gasteiger partial charge < -0.3 is 21.3 Å². The predicted molar refractivity (Wildman–Crippen MR) is 93.9 cm³/mol. The van der Waals surface area contributed by atoms with Crippen molar-refractivity contribution in [2.75, 3.05) is 13.1 Å². The first kappa shape index (κ1) is 18.0. The molecular formula is C19H24N2O3. The van der Waals surface area contributed by atoms with E-state index in [0.29, 0.717) is 18.0 Å². The van der Waals surface area contributed by atoms with E-state index in [1.165, 1.54) is 17.7 Å². The predicted octanol–water partition coefficient (Wildman–Crippen LogP) is 2.31. The lowest BCUT2D eigenvalue weighted by Crippen LogP contribution is -2.23. The summed E-state index contributed by atoms with van der Waals surface area (Å²) in [5.41, 5.74) is 7.06. The summed E-state index contributed by atoms with van der Waals surface area (Å²) in [4.78, 5) is 11.2. The Balaban J connectivity index is 1.82. The topological polar surface area (TPSA) is 95.6 Å². The molecule has 5 heteroatoms. The molecule has 0 unspecified atom stereocenters. The van der Waals surface area contributed by atoms with Crippen molar-refractivity contribution >= 4 is 5.91 Å². The molecule has 24 heavy (non-hydrogen) atoms. The number of primary amides is 1. The zero-order valence-corrected chi connectivity index (χ0v) is 13.8. The molecule has 0 aliphatic carbocycles. The first-order valence-electron chi connectivity index (χ1n) is 8.05. The van der Waals surface area contributed by atoms with Crippen LogP contribution in [0.25, 0.3) is 0 Å². The summed E-state index contributed by atoms with van der Waals surface area (Å²) in [5.74, 6) is -0.458. The maximum atomic E-state index is 11.2. The SMILES string of the molecule is C[C@H](CCNC[C@H](O)c1ccc(O)c(C(N)=O)c1)c1ccccc1. The van der Waals surface area contributed by atoms with E-state index < -0.39 is 12.0 Å². The Hall–Kier alpha value is -2.37. The van der Waals surface area contributed by atoms with Crippen LogP contribution in [0.2, 0.25) is 0 Å². The van der Waals surface area contributed by atoms with Gasteiger partial charge in [0.1, 0.15) is 5.75 Å². The van der Waals surface area contributed by atoms with E-state index in [-0.39, 0.29) is 11.3 Å². The number of carbonyl (C=O) groups is 1. The van der Waals surface area contributed by atoms with Crippen molar-refractivity contribution in [2.24, 2.45) is 5.73 Å². The number of aromatic hydroxyl groups is 1. The van der Waals surface area contributed by atoms with Crippen LogP contribution in [0, 0.1) is 0 Å². The molecule has 0 aromatic heterocycles. The minimum absolute atomic E-state index is 0.0178. The highest BCUT2D eigenvalue weighted by atomic mass is 16.3. The summed E-state index contributed by atoms with van der Waals surface area (Å²) < 4.78 is 0. The summed E-state index contributed by atoms with van der Waals surface area (Å²) >= 11 is 0. The van der Waals surface area contributed by atoms with Gasteiger partial charge in [0.25, 0.3) is 5.91 Å². The fourth-order valence-electron chi connectivity index (χ4n) is 2.58. The van der Waals surface area contributed by atoms with Crippen LogP contribution in [0.3, 0.4) is 0 Å². The summed E-state index contributed by atoms with van der Waals surface area (Å²) in [7, 11) is 0. The van der Waals surface area contributed by atoms with E-state index >= 15 is 0 Å². The number of nitrogens with one attached hydrogen (secondary N) is 1. The maximum Gasteiger partial charge on any atom is 0.252 e. The molecule has 2 rings (SSSR count). The molecule has 2 aromatic rings. The van der Waals surface area contributed by atoms with E-state index in [2.05, 4.69) is 24.4 Å². The second-order valence-corrected chi connectivity index (χ2v) is 5.96. The smallest absolute Gasteiger partial charge is 0.252 e. The lowest BCUT2D eigenvalue weighted by Gasteiger charge is -2.15. The van der Waals surface area contributed by atoms with Crippen LogP contribution in [0.15, 0.2) is 48.5 Å². The van der Waals surface area contributed by atoms with Crippen molar-refractivity contribution in [2.45, 2.75) is 25.4 Å². The molecule has 1 amide bonds. The number of carbonyl (C=O) groups excluding carboxylic acids is 1. The molecule has 128 valence electrons. The van der Waals surface area contributed by atoms with Crippen LogP contribution in [-0.4, -0.2) is 29.2 Å². The molecule has 0 spiro atoms. The zero-order chi connectivity index (χ0) is 17.5. The third-order valence-electron chi connectivity index (χ3n) is 4.13. The van der Waals surface area contributed by atoms with Crippen LogP contribution >= 0.6 is 0 Å². The van der Waals surface area contributed by atoms with Gasteiger partial charge in [-0.2, -0.15) is 0 Å². The Labute approximate surface area is 142 Å². The van der Waals surface area contributed by atoms with Crippen LogP contribution < -0.4 is 11.1 Å². The Morgan fingerprint density at radius 1 is 1.17 bits per heavy atom. The average Bonchev–Trinajstić information content (AvgIpc) is 2.59. The highest BCUT2D eigenvalue weighted by Crippen LogP contribution is 2.22. The van der Waals surface area contributed by atoms with Crippen molar-refractivity contribution in [3.63, 3.8) is 0 Å². The van der Waals surface area contributed by atoms with Gasteiger partial charge in [-0.05, 0) is 42.1 Å². The van der Waals surface area contributed by atoms with Gasteiger partial charge in [-0.15, -0.1) is 0 Å². The van der Waals surface area contributed by atoms with E-state index in [9.17, 15) is 15.0 Å². The fourth-order valence-corrected chi connectivity index (χ4v) is 2.58. The quantitative estimate of drug-likeness (QED) is 0.559. The molecular weight excluding hydrogens is 304 g/mol. The average molecular weight is 328 g/mol. The molecule has 0 aliphatic heterocycles. The van der Waals surface area contributed by atoms with Crippen molar-refractivity contribution in [1.29, 1.82) is 0 Å². The number of aliphatic hydroxyl groups excluding tert-OH is 1. The number of nitrogens with two attached hydrogens (primary N) is 1. The third kappa shape index (κ3) is 4.81. The molecule has 5 nitrogen and oxygen atoms in total. The largest absolute Gasteiger partial charge is 0.507 e. The lowest BCUT2D eigenvalue weighted by molar-refractivity contribution is 0.0997. The van der Waals surface area contributed by atoms with Crippen molar-refractivity contribution < 1.29 is 15.0 Å². The number of hydrogen-bond donors (Lipinski definition) is 4. The Bertz CT molecular complexity index is 674. The van der Waals surface area contributed by atoms with E-state index in [0.717, 1.165) is 13.0 Å². The van der Waals surface area contributed by atoms with Gasteiger partial charge in [-0.25, -0.2) is 0 Å². The Kier molecular flexibility index (Phi) is 6.35. The summed E-state index contributed by atoms with van der Waals surface area (Å²) in [6.07, 6.45) is 0.189. The minimum Gasteiger partial charge on any atom is -0.507 e. The van der Waals surface area contributed by atoms with Crippen molar-refractivity contribution in [3.8, 4) is 5.75 Å². The third-order valence-corrected chi connectivity index (χ3v) is 4.13. The number of aliphatic hydroxyl groups is 1. The van der Waals surface area contributed by atoms with Crippen molar-refractivity contribution in [1.82, 2.24) is 5.32 Å². The molecule has 0 saturated heterocycles. The molecule has 0 aliphatic rings. The normalized spacial score (nSPS) is 13.4. The van der Waals surface area contributed by atoms with Crippen LogP contribution in [0.1, 0.15) is 46.9 Å². The second-order valence-electron chi connectivity index (χ2n) is 5.96. The van der Waals surface area contributed by atoms with Crippen LogP contribution in [0.5, 0.6) is 5.75 Å². The molecule has 2 atom stereocenters. The molecule has 5 N–H and O–H groups in total. The summed E-state index contributed by atoms with van der Waals surface area (Å²) in [6, 6.07) is 14.7. The number of amides is 1. The van der Waals surface area contributed by atoms with E-state index in [1.807, 2.05) is 18.2 Å². The van der Waals surface area contributed by atoms with E-state index in [1.54, 1.807) is 6.07 Å². The lowest BCUT2D eigenvalue weighted by atomic mass is 9.98. The molecule has 2 aromatic carbocycles. The summed E-state index contributed by atoms with van der Waals surface area (Å²) in [5, 5.41) is 23.0. The monoisotopic (exact) mass is 328 g/mol. The van der Waals surface area contributed by atoms with Gasteiger partial charge in [0, 0.05) is 6.54 Å². The van der Waals surface area contributed by atoms with Crippen LogP contribution in [-0.2, 0) is 0 Å². The number of hydrogen-bond acceptors (Lipinski definition) is 4. The molecule has 0 fully saturated rings. The molecule has 0 bridgehead atoms. The Morgan fingerprint density at radius 2 is 1.88 bits per heavy atom. The van der Waals surface area contributed by atoms with Crippen LogP contribution in [0.4, 0.5) is 0 Å². The van der Waals surface area contributed by atoms with Gasteiger partial charge in [-0.1, -0.05) is 43.3 Å².